The highest BCUT2D eigenvalue weighted by Crippen LogP contribution is 2.22. The highest BCUT2D eigenvalue weighted by Gasteiger charge is 2.08. The number of hydrogen-bond donors (Lipinski definition) is 1. The lowest BCUT2D eigenvalue weighted by atomic mass is 10.3. The Hall–Kier alpha value is -1.85. The zero-order valence-corrected chi connectivity index (χ0v) is 9.52. The molecule has 0 heterocycles. The summed E-state index contributed by atoms with van der Waals surface area (Å²) >= 11 is 0. The Balaban J connectivity index is 2.20. The van der Waals surface area contributed by atoms with E-state index in [-0.39, 0.29) is 4.90 Å². The molecule has 0 amide bonds. The van der Waals surface area contributed by atoms with E-state index in [9.17, 15) is 8.42 Å². The minimum Gasteiger partial charge on any atom is -0.457 e. The van der Waals surface area contributed by atoms with E-state index < -0.39 is 10.1 Å². The molecule has 0 aliphatic heterocycles. The highest BCUT2D eigenvalue weighted by molar-refractivity contribution is 7.85. The molecule has 0 atom stereocenters. The van der Waals surface area contributed by atoms with Crippen molar-refractivity contribution >= 4 is 10.1 Å². The summed E-state index contributed by atoms with van der Waals surface area (Å²) in [7, 11) is -4.15. The summed E-state index contributed by atoms with van der Waals surface area (Å²) in [6, 6.07) is 15.2. The summed E-state index contributed by atoms with van der Waals surface area (Å²) in [4.78, 5) is -0.161. The predicted octanol–water partition coefficient (Wildman–Crippen LogP) is 2.53. The van der Waals surface area contributed by atoms with Gasteiger partial charge in [-0.2, -0.15) is 8.42 Å². The first-order chi connectivity index (χ1) is 8.05. The topological polar surface area (TPSA) is 63.6 Å². The van der Waals surface area contributed by atoms with E-state index in [0.717, 1.165) is 0 Å². The molecular formula is C12H9O4S. The number of hydrogen-bond acceptors (Lipinski definition) is 3. The van der Waals surface area contributed by atoms with Gasteiger partial charge in [0.05, 0.1) is 4.90 Å². The molecule has 0 aromatic heterocycles. The van der Waals surface area contributed by atoms with Crippen molar-refractivity contribution in [1.82, 2.24) is 0 Å². The first-order valence-electron chi connectivity index (χ1n) is 4.77. The molecule has 1 radical (unpaired) electrons. The lowest BCUT2D eigenvalue weighted by Crippen LogP contribution is -1.97. The van der Waals surface area contributed by atoms with Gasteiger partial charge in [0.25, 0.3) is 10.1 Å². The van der Waals surface area contributed by atoms with Gasteiger partial charge in [-0.05, 0) is 42.5 Å². The van der Waals surface area contributed by atoms with Crippen molar-refractivity contribution < 1.29 is 17.7 Å². The molecule has 5 heteroatoms. The molecule has 0 fully saturated rings. The summed E-state index contributed by atoms with van der Waals surface area (Å²) < 4.78 is 35.9. The summed E-state index contributed by atoms with van der Waals surface area (Å²) in [5.41, 5.74) is 0. The van der Waals surface area contributed by atoms with E-state index in [2.05, 4.69) is 6.07 Å². The Kier molecular flexibility index (Phi) is 3.12. The van der Waals surface area contributed by atoms with Crippen LogP contribution in [-0.2, 0) is 10.1 Å². The summed E-state index contributed by atoms with van der Waals surface area (Å²) in [6.45, 7) is 0. The Bertz CT molecular complexity index is 588. The lowest BCUT2D eigenvalue weighted by Gasteiger charge is -2.05. The maximum Gasteiger partial charge on any atom is 0.294 e. The second-order valence-corrected chi connectivity index (χ2v) is 4.71. The first kappa shape index (κ1) is 11.6. The van der Waals surface area contributed by atoms with Gasteiger partial charge in [-0.15, -0.1) is 0 Å². The van der Waals surface area contributed by atoms with Crippen molar-refractivity contribution in [1.29, 1.82) is 0 Å². The summed E-state index contributed by atoms with van der Waals surface area (Å²) in [5, 5.41) is 0. The van der Waals surface area contributed by atoms with Crippen LogP contribution in [0.15, 0.2) is 53.4 Å². The second kappa shape index (κ2) is 4.57. The van der Waals surface area contributed by atoms with Gasteiger partial charge in [0, 0.05) is 0 Å². The van der Waals surface area contributed by atoms with Crippen molar-refractivity contribution in [3.63, 3.8) is 0 Å². The molecule has 0 bridgehead atoms. The van der Waals surface area contributed by atoms with Crippen molar-refractivity contribution in [2.75, 3.05) is 0 Å². The van der Waals surface area contributed by atoms with Crippen LogP contribution < -0.4 is 4.74 Å². The molecule has 87 valence electrons. The summed E-state index contributed by atoms with van der Waals surface area (Å²) in [6.07, 6.45) is 0. The van der Waals surface area contributed by atoms with Gasteiger partial charge in [0.1, 0.15) is 11.5 Å². The molecule has 0 aliphatic rings. The fraction of sp³-hybridized carbons (Fsp3) is 0. The third-order valence-corrected chi connectivity index (χ3v) is 2.91. The van der Waals surface area contributed by atoms with Crippen molar-refractivity contribution in [2.45, 2.75) is 4.90 Å². The molecule has 4 nitrogen and oxygen atoms in total. The molecular weight excluding hydrogens is 240 g/mol. The first-order valence-corrected chi connectivity index (χ1v) is 6.21. The van der Waals surface area contributed by atoms with Gasteiger partial charge in [0.2, 0.25) is 0 Å². The lowest BCUT2D eigenvalue weighted by molar-refractivity contribution is 0.478. The summed E-state index contributed by atoms with van der Waals surface area (Å²) in [5.74, 6) is 1.12. The highest BCUT2D eigenvalue weighted by atomic mass is 32.2. The molecule has 0 unspecified atom stereocenters. The van der Waals surface area contributed by atoms with Crippen LogP contribution >= 0.6 is 0 Å². The minimum absolute atomic E-state index is 0.161. The van der Waals surface area contributed by atoms with Crippen LogP contribution in [0.1, 0.15) is 0 Å². The Morgan fingerprint density at radius 3 is 2.00 bits per heavy atom. The molecule has 0 aliphatic carbocycles. The van der Waals surface area contributed by atoms with Crippen LogP contribution in [0.3, 0.4) is 0 Å². The van der Waals surface area contributed by atoms with E-state index in [1.54, 1.807) is 24.3 Å². The molecule has 17 heavy (non-hydrogen) atoms. The fourth-order valence-corrected chi connectivity index (χ4v) is 1.74. The van der Waals surface area contributed by atoms with E-state index in [1.165, 1.54) is 24.3 Å². The largest absolute Gasteiger partial charge is 0.457 e. The average Bonchev–Trinajstić information content (AvgIpc) is 2.30. The van der Waals surface area contributed by atoms with Crippen LogP contribution in [0.5, 0.6) is 11.5 Å². The zero-order chi connectivity index (χ0) is 12.3. The van der Waals surface area contributed by atoms with Crippen LogP contribution in [0, 0.1) is 6.07 Å². The van der Waals surface area contributed by atoms with Crippen LogP contribution in [0.4, 0.5) is 0 Å². The third kappa shape index (κ3) is 3.05. The van der Waals surface area contributed by atoms with Gasteiger partial charge in [-0.3, -0.25) is 4.55 Å². The number of ether oxygens (including phenoxy) is 1. The van der Waals surface area contributed by atoms with Gasteiger partial charge in [-0.25, -0.2) is 0 Å². The SMILES string of the molecule is O=S(=O)(O)c1ccc(Oc2cc[c]cc2)cc1. The molecule has 2 aromatic rings. The minimum atomic E-state index is -4.15. The standard InChI is InChI=1S/C12H9O4S/c13-17(14,15)12-8-6-11(7-9-12)16-10-4-2-1-3-5-10/h2-9H,(H,13,14,15). The molecule has 2 aromatic carbocycles. The van der Waals surface area contributed by atoms with Crippen LogP contribution in [-0.4, -0.2) is 13.0 Å². The molecule has 0 saturated heterocycles. The maximum atomic E-state index is 10.8. The van der Waals surface area contributed by atoms with Gasteiger partial charge in [0.15, 0.2) is 0 Å². The zero-order valence-electron chi connectivity index (χ0n) is 8.70. The third-order valence-electron chi connectivity index (χ3n) is 2.04. The molecule has 0 spiro atoms. The van der Waals surface area contributed by atoms with Gasteiger partial charge < -0.3 is 4.74 Å². The normalized spacial score (nSPS) is 11.1. The molecule has 0 saturated carbocycles. The fourth-order valence-electron chi connectivity index (χ4n) is 1.26. The number of rotatable bonds is 3. The van der Waals surface area contributed by atoms with E-state index in [0.29, 0.717) is 11.5 Å². The average molecular weight is 249 g/mol. The smallest absolute Gasteiger partial charge is 0.294 e. The Labute approximate surface area is 99.2 Å². The van der Waals surface area contributed by atoms with Crippen molar-refractivity contribution in [2.24, 2.45) is 0 Å². The van der Waals surface area contributed by atoms with Crippen molar-refractivity contribution in [3.05, 3.63) is 54.6 Å². The van der Waals surface area contributed by atoms with Crippen molar-refractivity contribution in [3.8, 4) is 11.5 Å². The molecule has 2 rings (SSSR count). The Morgan fingerprint density at radius 1 is 0.941 bits per heavy atom. The second-order valence-electron chi connectivity index (χ2n) is 3.28. The maximum absolute atomic E-state index is 10.8. The predicted molar refractivity (Wildman–Crippen MR) is 61.6 cm³/mol. The van der Waals surface area contributed by atoms with E-state index in [1.807, 2.05) is 0 Å². The van der Waals surface area contributed by atoms with Gasteiger partial charge in [-0.1, -0.05) is 12.1 Å². The number of benzene rings is 2. The Morgan fingerprint density at radius 2 is 1.47 bits per heavy atom. The quantitative estimate of drug-likeness (QED) is 0.849. The van der Waals surface area contributed by atoms with Crippen LogP contribution in [0.25, 0.3) is 0 Å². The van der Waals surface area contributed by atoms with Crippen LogP contribution in [0.2, 0.25) is 0 Å². The van der Waals surface area contributed by atoms with E-state index >= 15 is 0 Å². The van der Waals surface area contributed by atoms with Gasteiger partial charge >= 0.3 is 0 Å². The van der Waals surface area contributed by atoms with E-state index in [4.69, 9.17) is 9.29 Å². The monoisotopic (exact) mass is 249 g/mol. The molecule has 1 N–H and O–H groups in total.